The number of nitriles is 1. The van der Waals surface area contributed by atoms with Crippen LogP contribution in [0.2, 0.25) is 0 Å². The van der Waals surface area contributed by atoms with Crippen molar-refractivity contribution in [3.63, 3.8) is 0 Å². The minimum atomic E-state index is 0.669. The smallest absolute Gasteiger partial charge is 0.101 e. The van der Waals surface area contributed by atoms with Gasteiger partial charge in [0.1, 0.15) is 6.07 Å². The van der Waals surface area contributed by atoms with Crippen LogP contribution in [-0.2, 0) is 0 Å². The molecule has 0 saturated heterocycles. The lowest BCUT2D eigenvalue weighted by Crippen LogP contribution is -2.11. The molecule has 0 aliphatic rings. The SMILES string of the molecule is Cc1cccc(N(C)c2cc(Br)ccc2C#N)c1. The van der Waals surface area contributed by atoms with Gasteiger partial charge in [-0.05, 0) is 42.8 Å². The molecule has 0 spiro atoms. The molecule has 2 nitrogen and oxygen atoms in total. The van der Waals surface area contributed by atoms with Gasteiger partial charge in [0.05, 0.1) is 11.3 Å². The zero-order valence-electron chi connectivity index (χ0n) is 10.3. The van der Waals surface area contributed by atoms with E-state index in [1.165, 1.54) is 5.56 Å². The van der Waals surface area contributed by atoms with Crippen LogP contribution in [0.3, 0.4) is 0 Å². The summed E-state index contributed by atoms with van der Waals surface area (Å²) in [6.45, 7) is 2.06. The predicted molar refractivity (Wildman–Crippen MR) is 78.1 cm³/mol. The van der Waals surface area contributed by atoms with E-state index in [1.54, 1.807) is 0 Å². The van der Waals surface area contributed by atoms with Gasteiger partial charge in [-0.1, -0.05) is 28.1 Å². The van der Waals surface area contributed by atoms with Crippen molar-refractivity contribution >= 4 is 27.3 Å². The van der Waals surface area contributed by atoms with Crippen LogP contribution >= 0.6 is 15.9 Å². The van der Waals surface area contributed by atoms with Gasteiger partial charge in [-0.2, -0.15) is 5.26 Å². The van der Waals surface area contributed by atoms with Crippen LogP contribution < -0.4 is 4.90 Å². The average Bonchev–Trinajstić information content (AvgIpc) is 2.38. The molecular formula is C15H13BrN2. The second-order valence-electron chi connectivity index (χ2n) is 4.17. The van der Waals surface area contributed by atoms with Gasteiger partial charge in [0.25, 0.3) is 0 Å². The zero-order valence-corrected chi connectivity index (χ0v) is 11.9. The molecule has 0 heterocycles. The first-order valence-corrected chi connectivity index (χ1v) is 6.41. The van der Waals surface area contributed by atoms with Gasteiger partial charge in [-0.15, -0.1) is 0 Å². The van der Waals surface area contributed by atoms with E-state index in [0.29, 0.717) is 5.56 Å². The fourth-order valence-electron chi connectivity index (χ4n) is 1.85. The Bertz CT molecular complexity index is 614. The number of aryl methyl sites for hydroxylation is 1. The zero-order chi connectivity index (χ0) is 13.1. The van der Waals surface area contributed by atoms with Crippen LogP contribution in [0, 0.1) is 18.3 Å². The molecule has 0 bridgehead atoms. The second kappa shape index (κ2) is 5.24. The average molecular weight is 301 g/mol. The molecule has 18 heavy (non-hydrogen) atoms. The van der Waals surface area contributed by atoms with Crippen molar-refractivity contribution in [3.05, 3.63) is 58.1 Å². The Morgan fingerprint density at radius 1 is 1.17 bits per heavy atom. The Morgan fingerprint density at radius 3 is 2.61 bits per heavy atom. The highest BCUT2D eigenvalue weighted by Crippen LogP contribution is 2.29. The summed E-state index contributed by atoms with van der Waals surface area (Å²) in [5.41, 5.74) is 3.84. The van der Waals surface area contributed by atoms with Crippen LogP contribution in [0.4, 0.5) is 11.4 Å². The Morgan fingerprint density at radius 2 is 1.94 bits per heavy atom. The normalized spacial score (nSPS) is 9.89. The molecule has 0 aromatic heterocycles. The van der Waals surface area contributed by atoms with Gasteiger partial charge in [0.15, 0.2) is 0 Å². The van der Waals surface area contributed by atoms with E-state index < -0.39 is 0 Å². The highest BCUT2D eigenvalue weighted by Gasteiger charge is 2.09. The topological polar surface area (TPSA) is 27.0 Å². The van der Waals surface area contributed by atoms with E-state index >= 15 is 0 Å². The molecule has 2 aromatic rings. The molecule has 0 N–H and O–H groups in total. The van der Waals surface area contributed by atoms with Gasteiger partial charge >= 0.3 is 0 Å². The van der Waals surface area contributed by atoms with Crippen molar-refractivity contribution in [2.45, 2.75) is 6.92 Å². The summed E-state index contributed by atoms with van der Waals surface area (Å²) in [5.74, 6) is 0. The third kappa shape index (κ3) is 2.55. The van der Waals surface area contributed by atoms with Crippen molar-refractivity contribution in [2.24, 2.45) is 0 Å². The Kier molecular flexibility index (Phi) is 3.69. The number of hydrogen-bond acceptors (Lipinski definition) is 2. The quantitative estimate of drug-likeness (QED) is 0.822. The lowest BCUT2D eigenvalue weighted by atomic mass is 10.1. The first-order chi connectivity index (χ1) is 8.61. The highest BCUT2D eigenvalue weighted by atomic mass is 79.9. The minimum Gasteiger partial charge on any atom is -0.344 e. The van der Waals surface area contributed by atoms with E-state index in [9.17, 15) is 0 Å². The maximum atomic E-state index is 9.17. The van der Waals surface area contributed by atoms with Crippen molar-refractivity contribution in [1.82, 2.24) is 0 Å². The van der Waals surface area contributed by atoms with Crippen molar-refractivity contribution in [3.8, 4) is 6.07 Å². The van der Waals surface area contributed by atoms with Gasteiger partial charge in [-0.3, -0.25) is 0 Å². The van der Waals surface area contributed by atoms with Crippen LogP contribution in [0.25, 0.3) is 0 Å². The van der Waals surface area contributed by atoms with E-state index in [-0.39, 0.29) is 0 Å². The van der Waals surface area contributed by atoms with E-state index in [4.69, 9.17) is 5.26 Å². The number of anilines is 2. The molecule has 0 aliphatic heterocycles. The summed E-state index contributed by atoms with van der Waals surface area (Å²) in [7, 11) is 1.97. The van der Waals surface area contributed by atoms with Crippen LogP contribution in [0.5, 0.6) is 0 Å². The first kappa shape index (κ1) is 12.7. The number of hydrogen-bond donors (Lipinski definition) is 0. The molecule has 2 aromatic carbocycles. The molecule has 0 radical (unpaired) electrons. The number of nitrogens with zero attached hydrogens (tertiary/aromatic N) is 2. The van der Waals surface area contributed by atoms with Crippen LogP contribution in [-0.4, -0.2) is 7.05 Å². The molecule has 0 unspecified atom stereocenters. The fourth-order valence-corrected chi connectivity index (χ4v) is 2.20. The molecule has 0 saturated carbocycles. The maximum Gasteiger partial charge on any atom is 0.101 e. The molecule has 0 fully saturated rings. The maximum absolute atomic E-state index is 9.17. The van der Waals surface area contributed by atoms with Crippen LogP contribution in [0.15, 0.2) is 46.9 Å². The highest BCUT2D eigenvalue weighted by molar-refractivity contribution is 9.10. The van der Waals surface area contributed by atoms with Crippen molar-refractivity contribution in [1.29, 1.82) is 5.26 Å². The number of benzene rings is 2. The predicted octanol–water partition coefficient (Wildman–Crippen LogP) is 4.40. The first-order valence-electron chi connectivity index (χ1n) is 5.62. The summed E-state index contributed by atoms with van der Waals surface area (Å²) in [5, 5.41) is 9.17. The third-order valence-electron chi connectivity index (χ3n) is 2.83. The second-order valence-corrected chi connectivity index (χ2v) is 5.09. The van der Waals surface area contributed by atoms with E-state index in [0.717, 1.165) is 15.8 Å². The monoisotopic (exact) mass is 300 g/mol. The van der Waals surface area contributed by atoms with Crippen LogP contribution in [0.1, 0.15) is 11.1 Å². The fraction of sp³-hybridized carbons (Fsp3) is 0.133. The largest absolute Gasteiger partial charge is 0.344 e. The molecule has 3 heteroatoms. The van der Waals surface area contributed by atoms with Gasteiger partial charge < -0.3 is 4.90 Å². The summed E-state index contributed by atoms with van der Waals surface area (Å²) in [6, 6.07) is 16.1. The molecule has 0 aliphatic carbocycles. The Hall–Kier alpha value is -1.79. The molecule has 0 atom stereocenters. The minimum absolute atomic E-state index is 0.669. The number of rotatable bonds is 2. The molecule has 90 valence electrons. The van der Waals surface area contributed by atoms with E-state index in [1.807, 2.05) is 42.3 Å². The lowest BCUT2D eigenvalue weighted by Gasteiger charge is -2.21. The summed E-state index contributed by atoms with van der Waals surface area (Å²) in [4.78, 5) is 2.02. The Labute approximate surface area is 116 Å². The summed E-state index contributed by atoms with van der Waals surface area (Å²) in [6.07, 6.45) is 0. The molecule has 0 amide bonds. The third-order valence-corrected chi connectivity index (χ3v) is 3.32. The summed E-state index contributed by atoms with van der Waals surface area (Å²) >= 11 is 3.44. The number of halogens is 1. The van der Waals surface area contributed by atoms with Gasteiger partial charge in [0.2, 0.25) is 0 Å². The van der Waals surface area contributed by atoms with Gasteiger partial charge in [-0.25, -0.2) is 0 Å². The van der Waals surface area contributed by atoms with Gasteiger partial charge in [0, 0.05) is 17.2 Å². The standard InChI is InChI=1S/C15H13BrN2/c1-11-4-3-5-14(8-11)18(2)15-9-13(16)7-6-12(15)10-17/h3-9H,1-2H3. The molecule has 2 rings (SSSR count). The van der Waals surface area contributed by atoms with E-state index in [2.05, 4.69) is 41.1 Å². The Balaban J connectivity index is 2.49. The van der Waals surface area contributed by atoms with Crippen molar-refractivity contribution < 1.29 is 0 Å². The molecular weight excluding hydrogens is 288 g/mol. The van der Waals surface area contributed by atoms with Crippen molar-refractivity contribution in [2.75, 3.05) is 11.9 Å². The lowest BCUT2D eigenvalue weighted by molar-refractivity contribution is 1.19. The summed E-state index contributed by atoms with van der Waals surface area (Å²) < 4.78 is 0.969.